The van der Waals surface area contributed by atoms with Crippen molar-refractivity contribution in [2.45, 2.75) is 83.4 Å². The first-order chi connectivity index (χ1) is 16.9. The van der Waals surface area contributed by atoms with Gasteiger partial charge in [0, 0.05) is 17.8 Å². The lowest BCUT2D eigenvalue weighted by Gasteiger charge is -2.56. The fourth-order valence-corrected chi connectivity index (χ4v) is 8.28. The molecular formula is C28H34O8. The van der Waals surface area contributed by atoms with Crippen LogP contribution in [0.25, 0.3) is 0 Å². The maximum Gasteiger partial charge on any atom is 0.332 e. The summed E-state index contributed by atoms with van der Waals surface area (Å²) in [7, 11) is 0. The quantitative estimate of drug-likeness (QED) is 0.400. The fourth-order valence-electron chi connectivity index (χ4n) is 8.28. The van der Waals surface area contributed by atoms with Crippen LogP contribution in [0.5, 0.6) is 0 Å². The second-order valence-corrected chi connectivity index (χ2v) is 12.0. The van der Waals surface area contributed by atoms with E-state index in [1.54, 1.807) is 13.8 Å². The molecule has 4 fully saturated rings. The molecule has 2 saturated heterocycles. The van der Waals surface area contributed by atoms with E-state index in [2.05, 4.69) is 26.0 Å². The number of fused-ring (bicyclic) bond motifs is 4. The van der Waals surface area contributed by atoms with Gasteiger partial charge < -0.3 is 23.7 Å². The number of hydrogen-bond acceptors (Lipinski definition) is 8. The summed E-state index contributed by atoms with van der Waals surface area (Å²) < 4.78 is 29.6. The number of esters is 2. The Morgan fingerprint density at radius 3 is 2.64 bits per heavy atom. The molecule has 8 nitrogen and oxygen atoms in total. The highest BCUT2D eigenvalue weighted by Crippen LogP contribution is 2.75. The summed E-state index contributed by atoms with van der Waals surface area (Å²) in [6.07, 6.45) is 11.0. The molecule has 0 N–H and O–H groups in total. The highest BCUT2D eigenvalue weighted by Gasteiger charge is 2.81. The predicted octanol–water partition coefficient (Wildman–Crippen LogP) is 3.55. The van der Waals surface area contributed by atoms with Crippen molar-refractivity contribution >= 4 is 17.7 Å². The zero-order chi connectivity index (χ0) is 25.7. The van der Waals surface area contributed by atoms with E-state index in [1.165, 1.54) is 6.92 Å². The Labute approximate surface area is 211 Å². The number of carbonyl (C=O) groups is 3. The van der Waals surface area contributed by atoms with Crippen molar-refractivity contribution in [3.05, 3.63) is 35.6 Å². The minimum Gasteiger partial charge on any atom is -0.456 e. The highest BCUT2D eigenvalue weighted by atomic mass is 16.7. The summed E-state index contributed by atoms with van der Waals surface area (Å²) >= 11 is 0. The van der Waals surface area contributed by atoms with Crippen molar-refractivity contribution < 1.29 is 38.1 Å². The third-order valence-electron chi connectivity index (χ3n) is 9.87. The van der Waals surface area contributed by atoms with Crippen molar-refractivity contribution in [2.75, 3.05) is 13.2 Å². The van der Waals surface area contributed by atoms with Crippen molar-refractivity contribution in [1.82, 2.24) is 0 Å². The van der Waals surface area contributed by atoms with E-state index >= 15 is 0 Å². The number of ketones is 1. The third-order valence-corrected chi connectivity index (χ3v) is 9.87. The van der Waals surface area contributed by atoms with Gasteiger partial charge in [0.15, 0.2) is 12.4 Å². The van der Waals surface area contributed by atoms with Gasteiger partial charge in [-0.1, -0.05) is 19.1 Å². The zero-order valence-corrected chi connectivity index (χ0v) is 21.6. The molecular weight excluding hydrogens is 464 g/mol. The molecule has 36 heavy (non-hydrogen) atoms. The first kappa shape index (κ1) is 24.1. The van der Waals surface area contributed by atoms with Gasteiger partial charge in [0.25, 0.3) is 0 Å². The Kier molecular flexibility index (Phi) is 4.94. The monoisotopic (exact) mass is 498 g/mol. The Bertz CT molecular complexity index is 1150. The molecule has 2 heterocycles. The number of epoxide rings is 1. The molecule has 2 spiro atoms. The van der Waals surface area contributed by atoms with E-state index in [1.807, 2.05) is 12.2 Å². The number of hydrogen-bond donors (Lipinski definition) is 0. The predicted molar refractivity (Wildman–Crippen MR) is 126 cm³/mol. The first-order valence-corrected chi connectivity index (χ1v) is 12.9. The lowest BCUT2D eigenvalue weighted by molar-refractivity contribution is -0.284. The molecule has 0 amide bonds. The van der Waals surface area contributed by atoms with Gasteiger partial charge in [0.2, 0.25) is 5.78 Å². The van der Waals surface area contributed by atoms with Gasteiger partial charge in [-0.05, 0) is 76.0 Å². The van der Waals surface area contributed by atoms with Crippen molar-refractivity contribution in [2.24, 2.45) is 22.7 Å². The van der Waals surface area contributed by atoms with Crippen LogP contribution in [0.15, 0.2) is 35.6 Å². The summed E-state index contributed by atoms with van der Waals surface area (Å²) in [5.41, 5.74) is -1.26. The number of ether oxygens (including phenoxy) is 5. The zero-order valence-electron chi connectivity index (χ0n) is 21.6. The first-order valence-electron chi connectivity index (χ1n) is 12.9. The molecule has 0 aromatic heterocycles. The average molecular weight is 499 g/mol. The van der Waals surface area contributed by atoms with E-state index in [0.717, 1.165) is 18.4 Å². The highest BCUT2D eigenvalue weighted by molar-refractivity contribution is 5.91. The summed E-state index contributed by atoms with van der Waals surface area (Å²) in [4.78, 5) is 37.3. The van der Waals surface area contributed by atoms with Crippen LogP contribution in [0.2, 0.25) is 0 Å². The fraction of sp³-hybridized carbons (Fsp3) is 0.679. The number of Topliss-reactive ketones (excluding diaryl/α,β-unsaturated/α-hetero) is 1. The van der Waals surface area contributed by atoms with E-state index in [4.69, 9.17) is 23.7 Å². The molecule has 8 heteroatoms. The van der Waals surface area contributed by atoms with Crippen LogP contribution in [0.4, 0.5) is 0 Å². The Hall–Kier alpha value is -2.29. The van der Waals surface area contributed by atoms with Crippen LogP contribution in [-0.4, -0.2) is 54.0 Å². The number of carbonyl (C=O) groups excluding carboxylic acids is 3. The lowest BCUT2D eigenvalue weighted by atomic mass is 9.48. The van der Waals surface area contributed by atoms with Gasteiger partial charge in [-0.2, -0.15) is 0 Å². The standard InChI is InChI=1S/C28H34O8/c1-16(29)34-18-8-10-25(4)17(12-18)6-7-20-19-9-11-27(26(19,5)13-22-28(20,25)35-22)21(30)14-32-23(31)15-33-24(2,3)36-27/h6,8,10,12,19-20,22H,7,9,11,13-15H2,1-5H3/t19-,20-,22-,25-,26-,27-,28+/m0/s1. The number of rotatable bonds is 1. The van der Waals surface area contributed by atoms with Crippen molar-refractivity contribution in [3.8, 4) is 0 Å². The normalized spacial score (nSPS) is 46.5. The van der Waals surface area contributed by atoms with Gasteiger partial charge in [-0.25, -0.2) is 4.79 Å². The molecule has 194 valence electrons. The van der Waals surface area contributed by atoms with Crippen LogP contribution in [0, 0.1) is 22.7 Å². The molecule has 0 radical (unpaired) electrons. The second-order valence-electron chi connectivity index (χ2n) is 12.0. The molecule has 0 bridgehead atoms. The molecule has 6 aliphatic rings. The second kappa shape index (κ2) is 7.39. The van der Waals surface area contributed by atoms with Crippen LogP contribution < -0.4 is 0 Å². The van der Waals surface area contributed by atoms with Gasteiger partial charge in [-0.15, -0.1) is 0 Å². The minimum atomic E-state index is -1.13. The van der Waals surface area contributed by atoms with Gasteiger partial charge >= 0.3 is 11.9 Å². The van der Waals surface area contributed by atoms with Crippen LogP contribution in [0.1, 0.15) is 60.3 Å². The molecule has 7 atom stereocenters. The molecule has 4 aliphatic carbocycles. The average Bonchev–Trinajstić information content (AvgIpc) is 3.44. The minimum absolute atomic E-state index is 0.0450. The van der Waals surface area contributed by atoms with E-state index in [-0.39, 0.29) is 53.9 Å². The Balaban J connectivity index is 1.38. The van der Waals surface area contributed by atoms with Crippen LogP contribution in [0.3, 0.4) is 0 Å². The molecule has 0 unspecified atom stereocenters. The summed E-state index contributed by atoms with van der Waals surface area (Å²) in [6, 6.07) is 0. The van der Waals surface area contributed by atoms with Gasteiger partial charge in [-0.3, -0.25) is 9.59 Å². The third kappa shape index (κ3) is 3.01. The van der Waals surface area contributed by atoms with E-state index < -0.39 is 22.8 Å². The maximum absolute atomic E-state index is 13.8. The maximum atomic E-state index is 13.8. The molecule has 6 rings (SSSR count). The summed E-state index contributed by atoms with van der Waals surface area (Å²) in [6.45, 7) is 8.71. The number of cyclic esters (lactones) is 1. The lowest BCUT2D eigenvalue weighted by Crippen LogP contribution is -2.63. The molecule has 2 aliphatic heterocycles. The molecule has 2 saturated carbocycles. The number of allylic oxidation sites excluding steroid dienone is 3. The summed E-state index contributed by atoms with van der Waals surface area (Å²) in [5.74, 6) is -1.31. The van der Waals surface area contributed by atoms with Crippen LogP contribution in [-0.2, 0) is 38.1 Å². The SMILES string of the molecule is CC(=O)OC1=CC2=CC[C@H]3[C@@H]4CC[C@@]5(OC(C)(C)OCC(=O)OCC5=O)[C@@]4(C)C[C@@H]4O[C@@]43[C@@]2(C)C=C1. The molecule has 0 aromatic rings. The smallest absolute Gasteiger partial charge is 0.332 e. The molecule has 0 aromatic carbocycles. The Morgan fingerprint density at radius 1 is 1.11 bits per heavy atom. The topological polar surface area (TPSA) is 101 Å². The van der Waals surface area contributed by atoms with Gasteiger partial charge in [0.1, 0.15) is 23.6 Å². The van der Waals surface area contributed by atoms with Gasteiger partial charge in [0.05, 0.1) is 6.10 Å². The van der Waals surface area contributed by atoms with Crippen LogP contribution >= 0.6 is 0 Å². The van der Waals surface area contributed by atoms with Crippen molar-refractivity contribution in [1.29, 1.82) is 0 Å². The van der Waals surface area contributed by atoms with E-state index in [0.29, 0.717) is 18.6 Å². The Morgan fingerprint density at radius 2 is 1.89 bits per heavy atom. The summed E-state index contributed by atoms with van der Waals surface area (Å²) in [5, 5.41) is 0. The van der Waals surface area contributed by atoms with E-state index in [9.17, 15) is 14.4 Å². The largest absolute Gasteiger partial charge is 0.456 e. The van der Waals surface area contributed by atoms with Crippen molar-refractivity contribution in [3.63, 3.8) is 0 Å².